The SMILES string of the molecule is Cc1ncccc1NC(=O)[C@H]1Cn2ccnc2C2(CCN(C[C@@H]3CCOC3)CC2)O1. The van der Waals surface area contributed by atoms with Gasteiger partial charge in [0.05, 0.1) is 24.5 Å². The van der Waals surface area contributed by atoms with Crippen molar-refractivity contribution in [2.75, 3.05) is 38.2 Å². The number of aryl methyl sites for hydroxylation is 1. The van der Waals surface area contributed by atoms with E-state index in [0.29, 0.717) is 12.5 Å². The lowest BCUT2D eigenvalue weighted by Gasteiger charge is -2.45. The van der Waals surface area contributed by atoms with E-state index < -0.39 is 11.7 Å². The van der Waals surface area contributed by atoms with Crippen molar-refractivity contribution in [1.29, 1.82) is 0 Å². The van der Waals surface area contributed by atoms with Crippen LogP contribution >= 0.6 is 0 Å². The number of hydrogen-bond donors (Lipinski definition) is 1. The Morgan fingerprint density at radius 1 is 1.30 bits per heavy atom. The van der Waals surface area contributed by atoms with E-state index in [1.54, 1.807) is 6.20 Å². The lowest BCUT2D eigenvalue weighted by molar-refractivity contribution is -0.170. The Kier molecular flexibility index (Phi) is 5.30. The van der Waals surface area contributed by atoms with Crippen molar-refractivity contribution in [3.63, 3.8) is 0 Å². The molecule has 30 heavy (non-hydrogen) atoms. The third-order valence-electron chi connectivity index (χ3n) is 6.61. The third-order valence-corrected chi connectivity index (χ3v) is 6.61. The third kappa shape index (κ3) is 3.75. The maximum Gasteiger partial charge on any atom is 0.255 e. The fraction of sp³-hybridized carbons (Fsp3) is 0.591. The van der Waals surface area contributed by atoms with Crippen molar-refractivity contribution < 1.29 is 14.3 Å². The molecule has 0 saturated carbocycles. The molecule has 8 nitrogen and oxygen atoms in total. The van der Waals surface area contributed by atoms with Gasteiger partial charge in [-0.25, -0.2) is 4.98 Å². The summed E-state index contributed by atoms with van der Waals surface area (Å²) in [6.07, 6.45) is 7.77. The highest BCUT2D eigenvalue weighted by molar-refractivity contribution is 5.94. The van der Waals surface area contributed by atoms with Crippen LogP contribution in [-0.4, -0.2) is 64.3 Å². The van der Waals surface area contributed by atoms with Gasteiger partial charge < -0.3 is 24.3 Å². The van der Waals surface area contributed by atoms with Crippen LogP contribution in [0.2, 0.25) is 0 Å². The zero-order chi connectivity index (χ0) is 20.6. The minimum Gasteiger partial charge on any atom is -0.381 e. The lowest BCUT2D eigenvalue weighted by atomic mass is 9.88. The second-order valence-corrected chi connectivity index (χ2v) is 8.66. The summed E-state index contributed by atoms with van der Waals surface area (Å²) in [4.78, 5) is 24.4. The molecular weight excluding hydrogens is 382 g/mol. The molecule has 160 valence electrons. The number of hydrogen-bond acceptors (Lipinski definition) is 6. The molecular formula is C22H29N5O3. The molecule has 3 aliphatic rings. The van der Waals surface area contributed by atoms with Gasteiger partial charge >= 0.3 is 0 Å². The topological polar surface area (TPSA) is 81.5 Å². The summed E-state index contributed by atoms with van der Waals surface area (Å²) in [7, 11) is 0. The number of anilines is 1. The van der Waals surface area contributed by atoms with E-state index in [2.05, 4.69) is 24.8 Å². The molecule has 5 rings (SSSR count). The molecule has 1 spiro atoms. The Morgan fingerprint density at radius 3 is 2.93 bits per heavy atom. The monoisotopic (exact) mass is 411 g/mol. The summed E-state index contributed by atoms with van der Waals surface area (Å²) in [6.45, 7) is 7.09. The number of piperidine rings is 1. The van der Waals surface area contributed by atoms with Crippen LogP contribution < -0.4 is 5.32 Å². The summed E-state index contributed by atoms with van der Waals surface area (Å²) in [6, 6.07) is 3.69. The molecule has 1 N–H and O–H groups in total. The van der Waals surface area contributed by atoms with Gasteiger partial charge in [-0.1, -0.05) is 0 Å². The number of carbonyl (C=O) groups is 1. The Balaban J connectivity index is 1.29. The highest BCUT2D eigenvalue weighted by Crippen LogP contribution is 2.40. The van der Waals surface area contributed by atoms with E-state index in [-0.39, 0.29) is 5.91 Å². The first-order valence-electron chi connectivity index (χ1n) is 10.8. The predicted molar refractivity (Wildman–Crippen MR) is 111 cm³/mol. The summed E-state index contributed by atoms with van der Waals surface area (Å²) in [5.74, 6) is 1.46. The highest BCUT2D eigenvalue weighted by Gasteiger charge is 2.47. The number of rotatable bonds is 4. The number of nitrogens with zero attached hydrogens (tertiary/aromatic N) is 4. The largest absolute Gasteiger partial charge is 0.381 e. The van der Waals surface area contributed by atoms with Crippen molar-refractivity contribution in [3.8, 4) is 0 Å². The Morgan fingerprint density at radius 2 is 2.17 bits per heavy atom. The second kappa shape index (κ2) is 8.09. The van der Waals surface area contributed by atoms with E-state index in [4.69, 9.17) is 9.47 Å². The zero-order valence-electron chi connectivity index (χ0n) is 17.4. The molecule has 8 heteroatoms. The number of carbonyl (C=O) groups excluding carboxylic acids is 1. The van der Waals surface area contributed by atoms with Crippen LogP contribution in [0.3, 0.4) is 0 Å². The molecule has 2 aromatic rings. The fourth-order valence-electron chi connectivity index (χ4n) is 4.89. The molecule has 0 aliphatic carbocycles. The first-order valence-corrected chi connectivity index (χ1v) is 10.8. The van der Waals surface area contributed by atoms with Gasteiger partial charge in [0, 0.05) is 44.8 Å². The zero-order valence-corrected chi connectivity index (χ0v) is 17.4. The molecule has 1 amide bonds. The lowest BCUT2D eigenvalue weighted by Crippen LogP contribution is -2.53. The van der Waals surface area contributed by atoms with Crippen LogP contribution in [0.15, 0.2) is 30.7 Å². The van der Waals surface area contributed by atoms with Gasteiger partial charge in [-0.15, -0.1) is 0 Å². The number of amides is 1. The quantitative estimate of drug-likeness (QED) is 0.828. The molecule has 5 heterocycles. The van der Waals surface area contributed by atoms with Crippen LogP contribution in [-0.2, 0) is 26.4 Å². The molecule has 2 atom stereocenters. The molecule has 3 aliphatic heterocycles. The van der Waals surface area contributed by atoms with Gasteiger partial charge in [0.15, 0.2) is 6.10 Å². The smallest absolute Gasteiger partial charge is 0.255 e. The van der Waals surface area contributed by atoms with E-state index in [9.17, 15) is 4.79 Å². The summed E-state index contributed by atoms with van der Waals surface area (Å²) < 4.78 is 14.1. The Hall–Kier alpha value is -2.29. The number of fused-ring (bicyclic) bond motifs is 2. The maximum absolute atomic E-state index is 13.0. The number of likely N-dealkylation sites (tertiary alicyclic amines) is 1. The number of nitrogens with one attached hydrogen (secondary N) is 1. The maximum atomic E-state index is 13.0. The van der Waals surface area contributed by atoms with E-state index in [1.165, 1.54) is 0 Å². The molecule has 0 unspecified atom stereocenters. The van der Waals surface area contributed by atoms with E-state index in [1.807, 2.05) is 31.5 Å². The van der Waals surface area contributed by atoms with Gasteiger partial charge in [-0.3, -0.25) is 9.78 Å². The molecule has 2 saturated heterocycles. The molecule has 0 radical (unpaired) electrons. The van der Waals surface area contributed by atoms with Crippen molar-refractivity contribution >= 4 is 11.6 Å². The van der Waals surface area contributed by atoms with Crippen molar-refractivity contribution in [2.45, 2.75) is 44.4 Å². The molecule has 0 aromatic carbocycles. The van der Waals surface area contributed by atoms with Crippen LogP contribution in [0.4, 0.5) is 5.69 Å². The van der Waals surface area contributed by atoms with Crippen LogP contribution in [0.5, 0.6) is 0 Å². The molecule has 2 fully saturated rings. The van der Waals surface area contributed by atoms with Crippen LogP contribution in [0.1, 0.15) is 30.8 Å². The molecule has 0 bridgehead atoms. The predicted octanol–water partition coefficient (Wildman–Crippen LogP) is 1.95. The summed E-state index contributed by atoms with van der Waals surface area (Å²) in [5, 5.41) is 3.00. The Labute approximate surface area is 176 Å². The summed E-state index contributed by atoms with van der Waals surface area (Å²) >= 11 is 0. The van der Waals surface area contributed by atoms with Gasteiger partial charge in [-0.05, 0) is 44.2 Å². The van der Waals surface area contributed by atoms with E-state index >= 15 is 0 Å². The fourth-order valence-corrected chi connectivity index (χ4v) is 4.89. The van der Waals surface area contributed by atoms with Gasteiger partial charge in [0.2, 0.25) is 0 Å². The van der Waals surface area contributed by atoms with Gasteiger partial charge in [0.1, 0.15) is 11.4 Å². The minimum atomic E-state index is -0.555. The van der Waals surface area contributed by atoms with E-state index in [0.717, 1.165) is 69.3 Å². The standard InChI is InChI=1S/C22H29N5O3/c1-16-18(3-2-7-23-16)25-20(28)19-14-27-11-8-24-21(27)22(30-19)5-9-26(10-6-22)13-17-4-12-29-15-17/h2-3,7-8,11,17,19H,4-6,9-10,12-15H2,1H3,(H,25,28)/t17-,19+/m0/s1. The average molecular weight is 412 g/mol. The normalized spacial score (nSPS) is 25.9. The Bertz CT molecular complexity index is 900. The van der Waals surface area contributed by atoms with Gasteiger partial charge in [0.25, 0.3) is 5.91 Å². The number of ether oxygens (including phenoxy) is 2. The van der Waals surface area contributed by atoms with Crippen LogP contribution in [0.25, 0.3) is 0 Å². The average Bonchev–Trinajstić information content (AvgIpc) is 3.44. The molecule has 2 aromatic heterocycles. The number of imidazole rings is 1. The highest BCUT2D eigenvalue weighted by atomic mass is 16.5. The van der Waals surface area contributed by atoms with Crippen molar-refractivity contribution in [1.82, 2.24) is 19.4 Å². The second-order valence-electron chi connectivity index (χ2n) is 8.66. The number of pyridine rings is 1. The number of aromatic nitrogens is 3. The van der Waals surface area contributed by atoms with Crippen molar-refractivity contribution in [2.24, 2.45) is 5.92 Å². The van der Waals surface area contributed by atoms with Crippen molar-refractivity contribution in [3.05, 3.63) is 42.2 Å². The first-order chi connectivity index (χ1) is 14.6. The van der Waals surface area contributed by atoms with Crippen LogP contribution in [0, 0.1) is 12.8 Å². The van der Waals surface area contributed by atoms with Gasteiger partial charge in [-0.2, -0.15) is 0 Å². The first kappa shape index (κ1) is 19.7. The minimum absolute atomic E-state index is 0.129. The summed E-state index contributed by atoms with van der Waals surface area (Å²) in [5.41, 5.74) is 1.02.